The molecule has 2 amide bonds. The molecule has 4 heterocycles. The number of benzene rings is 4. The molecule has 1 aliphatic carbocycles. The fourth-order valence-electron chi connectivity index (χ4n) is 12.0. The number of pyridine rings is 1. The topological polar surface area (TPSA) is 252 Å². The number of anilines is 2. The summed E-state index contributed by atoms with van der Waals surface area (Å²) < 4.78 is 64.6. The van der Waals surface area contributed by atoms with Gasteiger partial charge in [0.2, 0.25) is 5.91 Å². The minimum atomic E-state index is -4.22. The summed E-state index contributed by atoms with van der Waals surface area (Å²) in [6.45, 7) is 16.6. The fourth-order valence-corrected chi connectivity index (χ4v) is 13.1. The Hall–Kier alpha value is -9.00. The molecule has 1 fully saturated rings. The highest BCUT2D eigenvalue weighted by Crippen LogP contribution is 2.39. The Morgan fingerprint density at radius 3 is 2.12 bits per heavy atom. The van der Waals surface area contributed by atoms with Crippen LogP contribution in [0.5, 0.6) is 34.5 Å². The number of unbranched alkanes of at least 4 members (excludes halogenated alkanes) is 4. The summed E-state index contributed by atoms with van der Waals surface area (Å²) >= 11 is 0. The molecule has 0 saturated carbocycles. The molecule has 1 aliphatic heterocycles. The molecule has 0 radical (unpaired) electrons. The van der Waals surface area contributed by atoms with Gasteiger partial charge in [-0.3, -0.25) is 47.5 Å². The molecule has 24 heteroatoms. The van der Waals surface area contributed by atoms with Gasteiger partial charge in [0, 0.05) is 138 Å². The van der Waals surface area contributed by atoms with E-state index in [2.05, 4.69) is 50.2 Å². The summed E-state index contributed by atoms with van der Waals surface area (Å²) in [5.41, 5.74) is 6.37. The average Bonchev–Trinajstić information content (AvgIpc) is 1.67. The van der Waals surface area contributed by atoms with E-state index >= 15 is 0 Å². The first-order valence-corrected chi connectivity index (χ1v) is 34.2. The number of carbonyl (C=O) groups excluding carboxylic acids is 4. The van der Waals surface area contributed by atoms with Gasteiger partial charge in [0.05, 0.1) is 72.9 Å². The minimum absolute atomic E-state index is 0.0361. The molecule has 23 nitrogen and oxygen atoms in total. The summed E-state index contributed by atoms with van der Waals surface area (Å²) in [4.78, 5) is 76.8. The zero-order chi connectivity index (χ0) is 67.9. The Morgan fingerprint density at radius 1 is 0.726 bits per heavy atom. The summed E-state index contributed by atoms with van der Waals surface area (Å²) in [5.74, 6) is 2.90. The summed E-state index contributed by atoms with van der Waals surface area (Å²) in [5, 5.41) is 11.5. The van der Waals surface area contributed by atoms with Crippen molar-refractivity contribution in [2.75, 3.05) is 103 Å². The Labute approximate surface area is 556 Å². The van der Waals surface area contributed by atoms with E-state index in [4.69, 9.17) is 28.7 Å². The fraction of sp³-hybridized carbons (Fsp3) is 0.451. The predicted octanol–water partition coefficient (Wildman–Crippen LogP) is 10.2. The highest BCUT2D eigenvalue weighted by molar-refractivity contribution is 7.92. The Morgan fingerprint density at radius 2 is 1.43 bits per heavy atom. The van der Waals surface area contributed by atoms with E-state index in [9.17, 15) is 32.4 Å². The molecule has 9 rings (SSSR count). The lowest BCUT2D eigenvalue weighted by molar-refractivity contribution is -0.121. The molecule has 0 unspecified atom stereocenters. The van der Waals surface area contributed by atoms with Crippen LogP contribution >= 0.6 is 0 Å². The number of methoxy groups -OCH3 is 2. The molecule has 3 N–H and O–H groups in total. The first-order chi connectivity index (χ1) is 45.6. The number of aromatic nitrogens is 5. The van der Waals surface area contributed by atoms with Gasteiger partial charge in [-0.1, -0.05) is 31.4 Å². The molecule has 0 spiro atoms. The van der Waals surface area contributed by atoms with Crippen molar-refractivity contribution in [1.29, 1.82) is 0 Å². The van der Waals surface area contributed by atoms with Crippen LogP contribution < -0.4 is 49.6 Å². The van der Waals surface area contributed by atoms with Crippen molar-refractivity contribution in [1.82, 2.24) is 44.3 Å². The van der Waals surface area contributed by atoms with E-state index in [1.165, 1.54) is 41.6 Å². The molecule has 95 heavy (non-hydrogen) atoms. The maximum Gasteiger partial charge on any atom is 0.328 e. The lowest BCUT2D eigenvalue weighted by Gasteiger charge is -2.35. The number of allylic oxidation sites excluding steroid dienone is 3. The van der Waals surface area contributed by atoms with Crippen molar-refractivity contribution in [3.63, 3.8) is 0 Å². The quantitative estimate of drug-likeness (QED) is 0.0317. The number of ketones is 2. The highest BCUT2D eigenvalue weighted by atomic mass is 32.2. The van der Waals surface area contributed by atoms with E-state index < -0.39 is 10.0 Å². The summed E-state index contributed by atoms with van der Waals surface area (Å²) in [7, 11) is 3.84. The van der Waals surface area contributed by atoms with Crippen molar-refractivity contribution in [3.05, 3.63) is 124 Å². The zero-order valence-corrected chi connectivity index (χ0v) is 57.3. The summed E-state index contributed by atoms with van der Waals surface area (Å²) in [6, 6.07) is 20.7. The maximum atomic E-state index is 13.9. The molecule has 0 atom stereocenters. The highest BCUT2D eigenvalue weighted by Gasteiger charge is 2.26. The van der Waals surface area contributed by atoms with Gasteiger partial charge in [0.25, 0.3) is 15.9 Å². The number of aryl methyl sites for hydroxylation is 2. The van der Waals surface area contributed by atoms with E-state index in [1.54, 1.807) is 50.6 Å². The third-order valence-electron chi connectivity index (χ3n) is 17.2. The first kappa shape index (κ1) is 70.3. The number of ether oxygens (including phenoxy) is 5. The smallest absolute Gasteiger partial charge is 0.328 e. The van der Waals surface area contributed by atoms with Gasteiger partial charge in [0.15, 0.2) is 23.0 Å². The van der Waals surface area contributed by atoms with Crippen molar-refractivity contribution in [3.8, 4) is 45.6 Å². The third kappa shape index (κ3) is 18.1. The van der Waals surface area contributed by atoms with E-state index in [0.717, 1.165) is 110 Å². The first-order valence-electron chi connectivity index (χ1n) is 32.8. The second kappa shape index (κ2) is 32.4. The molecular weight excluding hydrogens is 1230 g/mol. The number of rotatable bonds is 34. The van der Waals surface area contributed by atoms with Crippen LogP contribution in [0.4, 0.5) is 11.5 Å². The van der Waals surface area contributed by atoms with Gasteiger partial charge in [-0.05, 0) is 127 Å². The SMILES string of the molecule is CCCOc1cc(OCCCCN(C)CC(=O)CCCCCCC(=O)NCCN2CCN(c3ccc(-c4cc(C(=O)NCC5=C(C)C=C(C)CC5=O)c5cnn(C(C)C)c5c4)cn3)CC2)cc(Oc2cc3c(cc2NS(=O)(=O)c2ccc(OC)c(OC)c2)n(C)c(=O)n3C)c1. The maximum absolute atomic E-state index is 13.9. The van der Waals surface area contributed by atoms with Crippen LogP contribution in [0.25, 0.3) is 33.1 Å². The molecule has 1 saturated heterocycles. The number of imidazole rings is 1. The van der Waals surface area contributed by atoms with E-state index in [1.807, 2.05) is 67.9 Å². The number of likely N-dealkylation sites (N-methyl/N-ethyl adjacent to an activating group) is 1. The molecule has 3 aromatic heterocycles. The molecule has 4 aromatic carbocycles. The zero-order valence-electron chi connectivity index (χ0n) is 56.5. The normalized spacial score (nSPS) is 13.8. The molecule has 0 bridgehead atoms. The Bertz CT molecular complexity index is 4140. The van der Waals surface area contributed by atoms with Crippen LogP contribution in [-0.2, 0) is 38.5 Å². The standard InChI is InChI=1S/C71H91N11O12S/c1-11-31-92-53-37-54(39-55(38-53)94-66-42-63-62(78(7)71(87)79(63)8)41-60(66)76-95(88,89)56-21-22-65(90-9)67(40-56)91-10)93-32-17-16-25-77(6)46-52(83)18-14-12-13-15-19-69(85)72-24-26-80-27-29-81(30-28-80)68-23-20-50(43-73-68)51-35-57(59-45-75-82(47(2)3)61(59)36-51)70(86)74-44-58-49(5)33-48(4)34-64(58)84/h20-23,33,35-43,45,47,76H,11-19,24-32,34,44,46H2,1-10H3,(H,72,85)(H,74,86). The summed E-state index contributed by atoms with van der Waals surface area (Å²) in [6.07, 6.45) is 12.5. The van der Waals surface area contributed by atoms with Gasteiger partial charge in [-0.15, -0.1) is 0 Å². The van der Waals surface area contributed by atoms with Crippen LogP contribution in [0, 0.1) is 0 Å². The van der Waals surface area contributed by atoms with Crippen LogP contribution in [0.1, 0.15) is 115 Å². The predicted molar refractivity (Wildman–Crippen MR) is 369 cm³/mol. The number of carbonyl (C=O) groups is 4. The van der Waals surface area contributed by atoms with Crippen LogP contribution in [0.2, 0.25) is 0 Å². The van der Waals surface area contributed by atoms with Gasteiger partial charge in [-0.25, -0.2) is 18.2 Å². The number of hydrogen-bond acceptors (Lipinski definition) is 17. The van der Waals surface area contributed by atoms with Crippen LogP contribution in [0.15, 0.2) is 118 Å². The largest absolute Gasteiger partial charge is 0.493 e. The number of nitrogens with one attached hydrogen (secondary N) is 3. The number of sulfonamides is 1. The van der Waals surface area contributed by atoms with Gasteiger partial charge >= 0.3 is 5.69 Å². The van der Waals surface area contributed by atoms with Gasteiger partial charge < -0.3 is 39.2 Å². The third-order valence-corrected chi connectivity index (χ3v) is 18.6. The lowest BCUT2D eigenvalue weighted by Crippen LogP contribution is -2.48. The Balaban J connectivity index is 0.654. The second-order valence-electron chi connectivity index (χ2n) is 24.9. The van der Waals surface area contributed by atoms with E-state index in [0.29, 0.717) is 104 Å². The number of fused-ring (bicyclic) bond motifs is 2. The monoisotopic (exact) mass is 1320 g/mol. The molecule has 508 valence electrons. The van der Waals surface area contributed by atoms with E-state index in [-0.39, 0.29) is 63.7 Å². The van der Waals surface area contributed by atoms with Crippen molar-refractivity contribution in [2.45, 2.75) is 110 Å². The van der Waals surface area contributed by atoms with Crippen molar-refractivity contribution in [2.24, 2.45) is 14.1 Å². The van der Waals surface area contributed by atoms with Crippen LogP contribution in [0.3, 0.4) is 0 Å². The van der Waals surface area contributed by atoms with Gasteiger partial charge in [0.1, 0.15) is 28.8 Å². The van der Waals surface area contributed by atoms with Gasteiger partial charge in [-0.2, -0.15) is 5.10 Å². The number of hydrogen-bond donors (Lipinski definition) is 3. The molecular formula is C71H91N11O12S. The Kier molecular flexibility index (Phi) is 24.0. The second-order valence-corrected chi connectivity index (χ2v) is 26.5. The number of amides is 2. The lowest BCUT2D eigenvalue weighted by atomic mass is 9.92. The number of Topliss-reactive ketones (excluding diaryl/α,β-unsaturated/α-hetero) is 2. The number of nitrogens with zero attached hydrogens (tertiary/aromatic N) is 8. The van der Waals surface area contributed by atoms with Crippen molar-refractivity contribution >= 4 is 66.8 Å². The molecule has 7 aromatic rings. The van der Waals surface area contributed by atoms with Crippen molar-refractivity contribution < 1.29 is 51.3 Å². The van der Waals surface area contributed by atoms with Crippen LogP contribution in [-0.4, -0.2) is 159 Å². The minimum Gasteiger partial charge on any atom is -0.493 e. The molecule has 2 aliphatic rings. The average molecular weight is 1320 g/mol. The number of piperazine rings is 1.